The second kappa shape index (κ2) is 17.0. The maximum Gasteiger partial charge on any atom is 0.220 e. The Labute approximate surface area is 142 Å². The maximum atomic E-state index is 12.9. The number of amides is 1. The molecule has 3 heteroatoms. The fraction of sp³-hybridized carbons (Fsp3) is 0.650. The van der Waals surface area contributed by atoms with Crippen LogP contribution in [-0.4, -0.2) is 5.91 Å². The summed E-state index contributed by atoms with van der Waals surface area (Å²) in [6.07, 6.45) is 4.98. The summed E-state index contributed by atoms with van der Waals surface area (Å²) in [6, 6.07) is 6.30. The third kappa shape index (κ3) is 16.8. The van der Waals surface area contributed by atoms with Crippen LogP contribution in [0.3, 0.4) is 0 Å². The molecule has 2 nitrogen and oxygen atoms in total. The lowest BCUT2D eigenvalue weighted by atomic mass is 10.1. The average Bonchev–Trinajstić information content (AvgIpc) is 2.52. The van der Waals surface area contributed by atoms with Crippen molar-refractivity contribution in [1.29, 1.82) is 0 Å². The van der Waals surface area contributed by atoms with E-state index in [0.717, 1.165) is 24.8 Å². The number of carbonyl (C=O) groups is 1. The molecule has 134 valence electrons. The SMILES string of the molecule is CC.CC(C)CCCCC(=O)NCc1cccc(F)c1.CCC. The van der Waals surface area contributed by atoms with Crippen molar-refractivity contribution in [2.75, 3.05) is 0 Å². The van der Waals surface area contributed by atoms with Crippen LogP contribution in [0.5, 0.6) is 0 Å². The number of hydrogen-bond donors (Lipinski definition) is 1. The molecule has 0 aromatic heterocycles. The van der Waals surface area contributed by atoms with Crippen LogP contribution in [0, 0.1) is 11.7 Å². The first-order valence-corrected chi connectivity index (χ1v) is 9.00. The lowest BCUT2D eigenvalue weighted by Gasteiger charge is -2.06. The van der Waals surface area contributed by atoms with Gasteiger partial charge in [0.2, 0.25) is 5.91 Å². The van der Waals surface area contributed by atoms with Gasteiger partial charge in [-0.05, 0) is 30.0 Å². The molecule has 0 radical (unpaired) electrons. The van der Waals surface area contributed by atoms with Crippen LogP contribution < -0.4 is 5.32 Å². The summed E-state index contributed by atoms with van der Waals surface area (Å²) >= 11 is 0. The molecule has 0 saturated heterocycles. The van der Waals surface area contributed by atoms with Crippen LogP contribution in [0.25, 0.3) is 0 Å². The van der Waals surface area contributed by atoms with Crippen LogP contribution >= 0.6 is 0 Å². The molecule has 0 aliphatic heterocycles. The number of unbranched alkanes of at least 4 members (excludes halogenated alkanes) is 1. The molecule has 0 aliphatic rings. The smallest absolute Gasteiger partial charge is 0.220 e. The Kier molecular flexibility index (Phi) is 17.6. The standard InChI is InChI=1S/C15H22FNO.C3H8.C2H6/c1-12(2)6-3-4-9-15(18)17-11-13-7-5-8-14(16)10-13;1-3-2;1-2/h5,7-8,10,12H,3-4,6,9,11H2,1-2H3,(H,17,18);3H2,1-2H3;1-2H3. The number of carbonyl (C=O) groups excluding carboxylic acids is 1. The van der Waals surface area contributed by atoms with E-state index >= 15 is 0 Å². The summed E-state index contributed by atoms with van der Waals surface area (Å²) in [5, 5.41) is 2.81. The Morgan fingerprint density at radius 3 is 2.30 bits per heavy atom. The molecule has 1 aromatic rings. The Bertz CT molecular complexity index is 391. The van der Waals surface area contributed by atoms with Crippen molar-refractivity contribution in [2.45, 2.75) is 80.2 Å². The second-order valence-electron chi connectivity index (χ2n) is 5.75. The molecule has 0 heterocycles. The van der Waals surface area contributed by atoms with Gasteiger partial charge in [0.15, 0.2) is 0 Å². The molecular formula is C20H36FNO. The predicted molar refractivity (Wildman–Crippen MR) is 98.9 cm³/mol. The minimum atomic E-state index is -0.265. The fourth-order valence-corrected chi connectivity index (χ4v) is 1.77. The Hall–Kier alpha value is -1.38. The molecule has 23 heavy (non-hydrogen) atoms. The van der Waals surface area contributed by atoms with Crippen molar-refractivity contribution in [3.63, 3.8) is 0 Å². The van der Waals surface area contributed by atoms with Gasteiger partial charge in [-0.2, -0.15) is 0 Å². The highest BCUT2D eigenvalue weighted by Crippen LogP contribution is 2.08. The van der Waals surface area contributed by atoms with E-state index in [1.54, 1.807) is 6.07 Å². The van der Waals surface area contributed by atoms with Crippen LogP contribution in [0.15, 0.2) is 24.3 Å². The Morgan fingerprint density at radius 2 is 1.78 bits per heavy atom. The molecule has 0 saturated carbocycles. The molecule has 0 bridgehead atoms. The van der Waals surface area contributed by atoms with E-state index in [2.05, 4.69) is 33.0 Å². The quantitative estimate of drug-likeness (QED) is 0.603. The van der Waals surface area contributed by atoms with E-state index < -0.39 is 0 Å². The van der Waals surface area contributed by atoms with Crippen LogP contribution in [0.2, 0.25) is 0 Å². The molecule has 1 N–H and O–H groups in total. The van der Waals surface area contributed by atoms with Gasteiger partial charge in [-0.25, -0.2) is 4.39 Å². The van der Waals surface area contributed by atoms with E-state index in [9.17, 15) is 9.18 Å². The number of rotatable bonds is 7. The highest BCUT2D eigenvalue weighted by Gasteiger charge is 2.02. The van der Waals surface area contributed by atoms with Crippen molar-refractivity contribution in [3.8, 4) is 0 Å². The fourth-order valence-electron chi connectivity index (χ4n) is 1.77. The third-order valence-corrected chi connectivity index (χ3v) is 2.81. The summed E-state index contributed by atoms with van der Waals surface area (Å²) in [7, 11) is 0. The minimum Gasteiger partial charge on any atom is -0.352 e. The number of halogens is 1. The molecule has 0 atom stereocenters. The van der Waals surface area contributed by atoms with Gasteiger partial charge >= 0.3 is 0 Å². The number of nitrogens with one attached hydrogen (secondary N) is 1. The zero-order valence-corrected chi connectivity index (χ0v) is 15.9. The molecule has 0 unspecified atom stereocenters. The first-order chi connectivity index (χ1) is 11.0. The van der Waals surface area contributed by atoms with Crippen molar-refractivity contribution in [2.24, 2.45) is 5.92 Å². The monoisotopic (exact) mass is 325 g/mol. The molecular weight excluding hydrogens is 289 g/mol. The van der Waals surface area contributed by atoms with Gasteiger partial charge in [0.25, 0.3) is 0 Å². The lowest BCUT2D eigenvalue weighted by Crippen LogP contribution is -2.22. The van der Waals surface area contributed by atoms with E-state index in [4.69, 9.17) is 0 Å². The first kappa shape index (κ1) is 23.9. The molecule has 0 fully saturated rings. The summed E-state index contributed by atoms with van der Waals surface area (Å²) in [6.45, 7) is 13.0. The highest BCUT2D eigenvalue weighted by atomic mass is 19.1. The zero-order chi connectivity index (χ0) is 18.1. The number of benzene rings is 1. The Balaban J connectivity index is 0. The predicted octanol–water partition coefficient (Wildman–Crippen LogP) is 6.10. The molecule has 1 amide bonds. The van der Waals surface area contributed by atoms with Crippen molar-refractivity contribution < 1.29 is 9.18 Å². The number of hydrogen-bond acceptors (Lipinski definition) is 1. The van der Waals surface area contributed by atoms with Gasteiger partial charge in [0.1, 0.15) is 5.82 Å². The van der Waals surface area contributed by atoms with Gasteiger partial charge in [0.05, 0.1) is 0 Å². The molecule has 1 rings (SSSR count). The average molecular weight is 326 g/mol. The second-order valence-corrected chi connectivity index (χ2v) is 5.75. The molecule has 1 aromatic carbocycles. The van der Waals surface area contributed by atoms with Crippen molar-refractivity contribution >= 4 is 5.91 Å². The summed E-state index contributed by atoms with van der Waals surface area (Å²) < 4.78 is 12.9. The van der Waals surface area contributed by atoms with Crippen molar-refractivity contribution in [3.05, 3.63) is 35.6 Å². The Morgan fingerprint density at radius 1 is 1.17 bits per heavy atom. The molecule has 0 spiro atoms. The zero-order valence-electron chi connectivity index (χ0n) is 15.9. The van der Waals surface area contributed by atoms with E-state index in [1.165, 1.54) is 18.6 Å². The van der Waals surface area contributed by atoms with E-state index in [-0.39, 0.29) is 11.7 Å². The largest absolute Gasteiger partial charge is 0.352 e. The first-order valence-electron chi connectivity index (χ1n) is 9.00. The topological polar surface area (TPSA) is 29.1 Å². The van der Waals surface area contributed by atoms with Crippen LogP contribution in [0.4, 0.5) is 4.39 Å². The van der Waals surface area contributed by atoms with E-state index in [0.29, 0.717) is 18.9 Å². The minimum absolute atomic E-state index is 0.0445. The van der Waals surface area contributed by atoms with E-state index in [1.807, 2.05) is 19.9 Å². The van der Waals surface area contributed by atoms with Crippen molar-refractivity contribution in [1.82, 2.24) is 5.32 Å². The van der Waals surface area contributed by atoms with Crippen LogP contribution in [0.1, 0.15) is 79.2 Å². The maximum absolute atomic E-state index is 12.9. The third-order valence-electron chi connectivity index (χ3n) is 2.81. The normalized spacial score (nSPS) is 9.39. The lowest BCUT2D eigenvalue weighted by molar-refractivity contribution is -0.121. The van der Waals surface area contributed by atoms with Gasteiger partial charge in [0, 0.05) is 13.0 Å². The van der Waals surface area contributed by atoms with Gasteiger partial charge in [-0.3, -0.25) is 4.79 Å². The van der Waals surface area contributed by atoms with Crippen LogP contribution in [-0.2, 0) is 11.3 Å². The highest BCUT2D eigenvalue weighted by molar-refractivity contribution is 5.75. The van der Waals surface area contributed by atoms with Gasteiger partial charge in [-0.1, -0.05) is 72.9 Å². The molecule has 0 aliphatic carbocycles. The van der Waals surface area contributed by atoms with Gasteiger partial charge < -0.3 is 5.32 Å². The summed E-state index contributed by atoms with van der Waals surface area (Å²) in [5.74, 6) is 0.474. The summed E-state index contributed by atoms with van der Waals surface area (Å²) in [4.78, 5) is 11.5. The summed E-state index contributed by atoms with van der Waals surface area (Å²) in [5.41, 5.74) is 0.797. The van der Waals surface area contributed by atoms with Gasteiger partial charge in [-0.15, -0.1) is 0 Å².